The number of aliphatic carboxylic acids is 1. The van der Waals surface area contributed by atoms with Gasteiger partial charge in [0.1, 0.15) is 17.7 Å². The van der Waals surface area contributed by atoms with Crippen molar-refractivity contribution in [2.45, 2.75) is 13.0 Å². The molecule has 5 heteroatoms. The topological polar surface area (TPSA) is 49.3 Å². The third-order valence-electron chi connectivity index (χ3n) is 1.67. The first-order chi connectivity index (χ1) is 6.50. The first-order valence-electron chi connectivity index (χ1n) is 3.95. The molecule has 0 amide bonds. The Kier molecular flexibility index (Phi) is 3.01. The van der Waals surface area contributed by atoms with Crippen molar-refractivity contribution < 1.29 is 18.7 Å². The Morgan fingerprint density at radius 1 is 1.50 bits per heavy atom. The lowest BCUT2D eigenvalue weighted by molar-refractivity contribution is -0.137. The fraction of sp³-hybridized carbons (Fsp3) is 0.222. The molecule has 0 radical (unpaired) electrons. The summed E-state index contributed by atoms with van der Waals surface area (Å²) in [6.45, 7) is 1.37. The van der Waals surface area contributed by atoms with Gasteiger partial charge in [0.15, 0.2) is 0 Å². The number of benzene rings is 1. The van der Waals surface area contributed by atoms with E-state index in [0.717, 1.165) is 12.1 Å². The second-order valence-electron chi connectivity index (χ2n) is 2.83. The van der Waals surface area contributed by atoms with Crippen LogP contribution in [0.3, 0.4) is 0 Å². The molecule has 76 valence electrons. The number of anilines is 1. The van der Waals surface area contributed by atoms with Crippen molar-refractivity contribution in [2.24, 2.45) is 0 Å². The fourth-order valence-electron chi connectivity index (χ4n) is 0.902. The van der Waals surface area contributed by atoms with Gasteiger partial charge in [-0.3, -0.25) is 4.79 Å². The minimum atomic E-state index is -1.10. The predicted molar refractivity (Wildman–Crippen MR) is 47.1 cm³/mol. The molecule has 0 unspecified atom stereocenters. The van der Waals surface area contributed by atoms with E-state index in [0.29, 0.717) is 6.07 Å². The average Bonchev–Trinajstić information content (AvgIpc) is 2.09. The van der Waals surface area contributed by atoms with Crippen molar-refractivity contribution in [3.63, 3.8) is 0 Å². The van der Waals surface area contributed by atoms with Crippen LogP contribution in [0.2, 0.25) is 0 Å². The number of hydrogen-bond donors (Lipinski definition) is 2. The minimum absolute atomic E-state index is 0.0266. The lowest BCUT2D eigenvalue weighted by atomic mass is 10.2. The largest absolute Gasteiger partial charge is 0.480 e. The molecule has 0 aliphatic carbocycles. The van der Waals surface area contributed by atoms with Gasteiger partial charge in [-0.05, 0) is 19.1 Å². The molecule has 0 saturated carbocycles. The van der Waals surface area contributed by atoms with Gasteiger partial charge in [0.2, 0.25) is 0 Å². The van der Waals surface area contributed by atoms with E-state index in [9.17, 15) is 13.6 Å². The van der Waals surface area contributed by atoms with Gasteiger partial charge in [0.25, 0.3) is 0 Å². The van der Waals surface area contributed by atoms with Gasteiger partial charge >= 0.3 is 5.97 Å². The van der Waals surface area contributed by atoms with E-state index in [4.69, 9.17) is 5.11 Å². The number of hydrogen-bond acceptors (Lipinski definition) is 2. The molecule has 0 bridgehead atoms. The summed E-state index contributed by atoms with van der Waals surface area (Å²) in [6.07, 6.45) is 0. The summed E-state index contributed by atoms with van der Waals surface area (Å²) in [6, 6.07) is 1.98. The second-order valence-corrected chi connectivity index (χ2v) is 2.83. The summed E-state index contributed by atoms with van der Waals surface area (Å²) < 4.78 is 25.4. The standard InChI is InChI=1S/C9H9F2NO2/c1-5(9(13)14)12-8-3-2-6(10)4-7(8)11/h2-5,12H,1H3,(H,13,14)/t5-/m0/s1. The summed E-state index contributed by atoms with van der Waals surface area (Å²) in [5, 5.41) is 10.9. The zero-order valence-electron chi connectivity index (χ0n) is 7.42. The van der Waals surface area contributed by atoms with Crippen LogP contribution >= 0.6 is 0 Å². The van der Waals surface area contributed by atoms with Gasteiger partial charge in [-0.15, -0.1) is 0 Å². The molecule has 1 rings (SSSR count). The third kappa shape index (κ3) is 2.42. The Balaban J connectivity index is 2.82. The van der Waals surface area contributed by atoms with Crippen molar-refractivity contribution >= 4 is 11.7 Å². The summed E-state index contributed by atoms with van der Waals surface area (Å²) in [5.41, 5.74) is -0.0266. The van der Waals surface area contributed by atoms with E-state index in [1.54, 1.807) is 0 Å². The highest BCUT2D eigenvalue weighted by molar-refractivity contribution is 5.76. The van der Waals surface area contributed by atoms with Crippen LogP contribution in [0.25, 0.3) is 0 Å². The van der Waals surface area contributed by atoms with Crippen LogP contribution in [0, 0.1) is 11.6 Å². The quantitative estimate of drug-likeness (QED) is 0.784. The molecular weight excluding hydrogens is 192 g/mol. The van der Waals surface area contributed by atoms with Crippen molar-refractivity contribution in [1.29, 1.82) is 0 Å². The molecule has 0 heterocycles. The second kappa shape index (κ2) is 4.04. The van der Waals surface area contributed by atoms with Crippen molar-refractivity contribution in [2.75, 3.05) is 5.32 Å². The van der Waals surface area contributed by atoms with Crippen molar-refractivity contribution in [3.05, 3.63) is 29.8 Å². The molecule has 0 aromatic heterocycles. The predicted octanol–water partition coefficient (Wildman–Crippen LogP) is 1.85. The van der Waals surface area contributed by atoms with Gasteiger partial charge < -0.3 is 10.4 Å². The number of carbonyl (C=O) groups is 1. The summed E-state index contributed by atoms with van der Waals surface area (Å²) in [5.74, 6) is -2.61. The smallest absolute Gasteiger partial charge is 0.325 e. The fourth-order valence-corrected chi connectivity index (χ4v) is 0.902. The van der Waals surface area contributed by atoms with Crippen LogP contribution in [-0.2, 0) is 4.79 Å². The maximum Gasteiger partial charge on any atom is 0.325 e. The molecule has 0 aliphatic heterocycles. The molecular formula is C9H9F2NO2. The normalized spacial score (nSPS) is 12.2. The van der Waals surface area contributed by atoms with Crippen molar-refractivity contribution in [3.8, 4) is 0 Å². The average molecular weight is 201 g/mol. The molecule has 0 spiro atoms. The lowest BCUT2D eigenvalue weighted by Gasteiger charge is -2.11. The Morgan fingerprint density at radius 2 is 2.14 bits per heavy atom. The molecule has 1 aromatic rings. The first-order valence-corrected chi connectivity index (χ1v) is 3.95. The van der Waals surface area contributed by atoms with Gasteiger partial charge in [-0.1, -0.05) is 0 Å². The van der Waals surface area contributed by atoms with E-state index in [-0.39, 0.29) is 5.69 Å². The molecule has 0 fully saturated rings. The minimum Gasteiger partial charge on any atom is -0.480 e. The van der Waals surface area contributed by atoms with Gasteiger partial charge in [0, 0.05) is 6.07 Å². The Labute approximate surface area is 79.4 Å². The Morgan fingerprint density at radius 3 is 2.64 bits per heavy atom. The van der Waals surface area contributed by atoms with Crippen LogP contribution < -0.4 is 5.32 Å². The number of nitrogens with one attached hydrogen (secondary N) is 1. The maximum absolute atomic E-state index is 13.0. The number of carboxylic acids is 1. The Hall–Kier alpha value is -1.65. The van der Waals surface area contributed by atoms with Gasteiger partial charge in [-0.25, -0.2) is 8.78 Å². The lowest BCUT2D eigenvalue weighted by Crippen LogP contribution is -2.25. The molecule has 0 saturated heterocycles. The first kappa shape index (κ1) is 10.4. The third-order valence-corrected chi connectivity index (χ3v) is 1.67. The van der Waals surface area contributed by atoms with E-state index in [1.165, 1.54) is 6.92 Å². The van der Waals surface area contributed by atoms with Crippen LogP contribution in [0.5, 0.6) is 0 Å². The van der Waals surface area contributed by atoms with Crippen LogP contribution in [0.15, 0.2) is 18.2 Å². The summed E-state index contributed by atoms with van der Waals surface area (Å²) >= 11 is 0. The highest BCUT2D eigenvalue weighted by atomic mass is 19.1. The number of halogens is 2. The number of carboxylic acid groups (broad SMARTS) is 1. The van der Waals surface area contributed by atoms with Crippen LogP contribution in [0.1, 0.15) is 6.92 Å². The van der Waals surface area contributed by atoms with E-state index >= 15 is 0 Å². The van der Waals surface area contributed by atoms with E-state index < -0.39 is 23.6 Å². The highest BCUT2D eigenvalue weighted by Gasteiger charge is 2.12. The highest BCUT2D eigenvalue weighted by Crippen LogP contribution is 2.15. The Bertz CT molecular complexity index is 355. The van der Waals surface area contributed by atoms with Crippen molar-refractivity contribution in [1.82, 2.24) is 0 Å². The molecule has 2 N–H and O–H groups in total. The maximum atomic E-state index is 13.0. The van der Waals surface area contributed by atoms with E-state index in [1.807, 2.05) is 0 Å². The van der Waals surface area contributed by atoms with Crippen LogP contribution in [-0.4, -0.2) is 17.1 Å². The summed E-state index contributed by atoms with van der Waals surface area (Å²) in [7, 11) is 0. The SMILES string of the molecule is C[C@H](Nc1ccc(F)cc1F)C(=O)O. The number of rotatable bonds is 3. The monoisotopic (exact) mass is 201 g/mol. The van der Waals surface area contributed by atoms with E-state index in [2.05, 4.69) is 5.32 Å². The molecule has 3 nitrogen and oxygen atoms in total. The zero-order valence-corrected chi connectivity index (χ0v) is 7.42. The van der Waals surface area contributed by atoms with Gasteiger partial charge in [-0.2, -0.15) is 0 Å². The van der Waals surface area contributed by atoms with Gasteiger partial charge in [0.05, 0.1) is 5.69 Å². The molecule has 1 atom stereocenters. The molecule has 1 aromatic carbocycles. The molecule has 14 heavy (non-hydrogen) atoms. The zero-order chi connectivity index (χ0) is 10.7. The molecule has 0 aliphatic rings. The van der Waals surface area contributed by atoms with Crippen LogP contribution in [0.4, 0.5) is 14.5 Å². The summed E-state index contributed by atoms with van der Waals surface area (Å²) in [4.78, 5) is 10.4.